The second-order valence-corrected chi connectivity index (χ2v) is 8.85. The van der Waals surface area contributed by atoms with Gasteiger partial charge in [0.2, 0.25) is 0 Å². The highest BCUT2D eigenvalue weighted by atomic mass is 16.3. The third kappa shape index (κ3) is 5.19. The van der Waals surface area contributed by atoms with E-state index < -0.39 is 5.60 Å². The topological polar surface area (TPSA) is 30.0 Å². The molecule has 0 aliphatic carbocycles. The predicted molar refractivity (Wildman–Crippen MR) is 93.2 cm³/mol. The Morgan fingerprint density at radius 3 is 1.91 bits per heavy atom. The maximum Gasteiger partial charge on any atom is 0.0798 e. The zero-order valence-corrected chi connectivity index (χ0v) is 15.4. The molecule has 2 aliphatic heterocycles. The van der Waals surface area contributed by atoms with Crippen LogP contribution in [-0.4, -0.2) is 83.3 Å². The Hall–Kier alpha value is -0.160. The molecule has 0 saturated carbocycles. The quantitative estimate of drug-likeness (QED) is 0.859. The van der Waals surface area contributed by atoms with Crippen LogP contribution in [0.4, 0.5) is 0 Å². The van der Waals surface area contributed by atoms with Gasteiger partial charge in [0.1, 0.15) is 0 Å². The van der Waals surface area contributed by atoms with Crippen molar-refractivity contribution in [3.8, 4) is 0 Å². The van der Waals surface area contributed by atoms with E-state index in [1.54, 1.807) is 0 Å². The van der Waals surface area contributed by atoms with Gasteiger partial charge in [-0.1, -0.05) is 13.8 Å². The van der Waals surface area contributed by atoms with Gasteiger partial charge in [-0.2, -0.15) is 0 Å². The van der Waals surface area contributed by atoms with Crippen LogP contribution < -0.4 is 0 Å². The molecule has 2 fully saturated rings. The minimum absolute atomic E-state index is 0.269. The Kier molecular flexibility index (Phi) is 5.92. The Balaban J connectivity index is 1.75. The number of hydrogen-bond acceptors (Lipinski definition) is 4. The van der Waals surface area contributed by atoms with Crippen molar-refractivity contribution in [2.75, 3.05) is 52.4 Å². The molecular weight excluding hydrogens is 274 g/mol. The van der Waals surface area contributed by atoms with E-state index in [1.807, 2.05) is 0 Å². The summed E-state index contributed by atoms with van der Waals surface area (Å²) in [4.78, 5) is 7.54. The number of piperidine rings is 1. The number of piperazine rings is 1. The highest BCUT2D eigenvalue weighted by molar-refractivity contribution is 4.91. The molecule has 0 radical (unpaired) electrons. The highest BCUT2D eigenvalue weighted by Crippen LogP contribution is 2.25. The van der Waals surface area contributed by atoms with Crippen LogP contribution in [-0.2, 0) is 0 Å². The molecule has 0 unspecified atom stereocenters. The molecule has 2 saturated heterocycles. The minimum atomic E-state index is -0.461. The van der Waals surface area contributed by atoms with Gasteiger partial charge in [-0.25, -0.2) is 0 Å². The Bertz CT molecular complexity index is 335. The van der Waals surface area contributed by atoms with Crippen LogP contribution >= 0.6 is 0 Å². The van der Waals surface area contributed by atoms with E-state index in [0.29, 0.717) is 0 Å². The first-order chi connectivity index (χ1) is 10.2. The number of hydrogen-bond donors (Lipinski definition) is 1. The third-order valence-corrected chi connectivity index (χ3v) is 5.25. The molecule has 2 heterocycles. The zero-order valence-electron chi connectivity index (χ0n) is 15.4. The minimum Gasteiger partial charge on any atom is -0.388 e. The van der Waals surface area contributed by atoms with Gasteiger partial charge in [0.25, 0.3) is 0 Å². The van der Waals surface area contributed by atoms with Gasteiger partial charge in [0.05, 0.1) is 5.60 Å². The number of aliphatic hydroxyl groups is 1. The lowest BCUT2D eigenvalue weighted by molar-refractivity contribution is -0.0580. The van der Waals surface area contributed by atoms with Crippen LogP contribution in [0.5, 0.6) is 0 Å². The van der Waals surface area contributed by atoms with E-state index in [1.165, 1.54) is 6.54 Å². The van der Waals surface area contributed by atoms with E-state index in [0.717, 1.165) is 64.6 Å². The van der Waals surface area contributed by atoms with E-state index in [9.17, 15) is 5.11 Å². The molecule has 0 aromatic rings. The van der Waals surface area contributed by atoms with E-state index in [4.69, 9.17) is 0 Å². The predicted octanol–water partition coefficient (Wildman–Crippen LogP) is 1.89. The Morgan fingerprint density at radius 1 is 0.909 bits per heavy atom. The van der Waals surface area contributed by atoms with Crippen molar-refractivity contribution in [1.29, 1.82) is 0 Å². The lowest BCUT2D eigenvalue weighted by Crippen LogP contribution is -2.57. The molecule has 130 valence electrons. The summed E-state index contributed by atoms with van der Waals surface area (Å²) >= 11 is 0. The van der Waals surface area contributed by atoms with Crippen LogP contribution in [0, 0.1) is 5.92 Å². The summed E-state index contributed by atoms with van der Waals surface area (Å²) in [5.41, 5.74) is -0.192. The first kappa shape index (κ1) is 18.2. The van der Waals surface area contributed by atoms with Crippen LogP contribution in [0.3, 0.4) is 0 Å². The van der Waals surface area contributed by atoms with Gasteiger partial charge >= 0.3 is 0 Å². The van der Waals surface area contributed by atoms with Gasteiger partial charge in [-0.05, 0) is 39.5 Å². The first-order valence-corrected chi connectivity index (χ1v) is 9.10. The summed E-state index contributed by atoms with van der Waals surface area (Å²) < 4.78 is 0. The summed E-state index contributed by atoms with van der Waals surface area (Å²) in [5, 5.41) is 10.9. The van der Waals surface area contributed by atoms with Crippen molar-refractivity contribution in [2.24, 2.45) is 5.92 Å². The molecule has 0 atom stereocenters. The van der Waals surface area contributed by atoms with Crippen LogP contribution in [0.1, 0.15) is 47.5 Å². The Labute approximate surface area is 137 Å². The lowest BCUT2D eigenvalue weighted by Gasteiger charge is -2.46. The van der Waals surface area contributed by atoms with E-state index in [-0.39, 0.29) is 5.54 Å². The smallest absolute Gasteiger partial charge is 0.0798 e. The maximum absolute atomic E-state index is 10.9. The van der Waals surface area contributed by atoms with E-state index in [2.05, 4.69) is 49.3 Å². The molecule has 2 rings (SSSR count). The maximum atomic E-state index is 10.9. The number of rotatable bonds is 4. The zero-order chi connectivity index (χ0) is 16.4. The van der Waals surface area contributed by atoms with Crippen LogP contribution in [0.25, 0.3) is 0 Å². The average Bonchev–Trinajstić information content (AvgIpc) is 2.41. The Morgan fingerprint density at radius 2 is 1.45 bits per heavy atom. The van der Waals surface area contributed by atoms with Crippen molar-refractivity contribution in [1.82, 2.24) is 14.7 Å². The van der Waals surface area contributed by atoms with Gasteiger partial charge < -0.3 is 10.0 Å². The molecule has 0 aromatic carbocycles. The second-order valence-electron chi connectivity index (χ2n) is 8.85. The summed E-state index contributed by atoms with van der Waals surface area (Å²) in [6.07, 6.45) is 1.86. The van der Waals surface area contributed by atoms with Crippen molar-refractivity contribution < 1.29 is 5.11 Å². The normalized spacial score (nSPS) is 25.8. The van der Waals surface area contributed by atoms with Crippen LogP contribution in [0.15, 0.2) is 0 Å². The number of likely N-dealkylation sites (tertiary alicyclic amines) is 1. The fraction of sp³-hybridized carbons (Fsp3) is 1.00. The van der Waals surface area contributed by atoms with Gasteiger partial charge in [-0.15, -0.1) is 0 Å². The van der Waals surface area contributed by atoms with Gasteiger partial charge in [0, 0.05) is 57.9 Å². The summed E-state index contributed by atoms with van der Waals surface area (Å²) in [6, 6.07) is 0. The summed E-state index contributed by atoms with van der Waals surface area (Å²) in [6.45, 7) is 20.0. The second kappa shape index (κ2) is 7.16. The number of nitrogens with zero attached hydrogens (tertiary/aromatic N) is 3. The standard InChI is InChI=1S/C18H37N3O/c1-16(2)14-19-8-6-18(22,7-9-19)15-20-10-12-21(13-11-20)17(3,4)5/h16,22H,6-15H2,1-5H3. The fourth-order valence-corrected chi connectivity index (χ4v) is 3.82. The molecule has 1 N–H and O–H groups in total. The highest BCUT2D eigenvalue weighted by Gasteiger charge is 2.35. The molecule has 0 aromatic heterocycles. The average molecular weight is 312 g/mol. The first-order valence-electron chi connectivity index (χ1n) is 9.10. The molecular formula is C18H37N3O. The van der Waals surface area contributed by atoms with Crippen molar-refractivity contribution in [3.63, 3.8) is 0 Å². The third-order valence-electron chi connectivity index (χ3n) is 5.25. The number of β-amino-alcohol motifs (C(OH)–C–C–N with tert-alkyl or cyclic N) is 1. The molecule has 4 heteroatoms. The SMILES string of the molecule is CC(C)CN1CCC(O)(CN2CCN(C(C)(C)C)CC2)CC1. The van der Waals surface area contributed by atoms with Crippen molar-refractivity contribution in [3.05, 3.63) is 0 Å². The van der Waals surface area contributed by atoms with Crippen LogP contribution in [0.2, 0.25) is 0 Å². The van der Waals surface area contributed by atoms with Crippen molar-refractivity contribution in [2.45, 2.75) is 58.6 Å². The monoisotopic (exact) mass is 311 g/mol. The van der Waals surface area contributed by atoms with E-state index >= 15 is 0 Å². The molecule has 4 nitrogen and oxygen atoms in total. The van der Waals surface area contributed by atoms with Crippen molar-refractivity contribution >= 4 is 0 Å². The molecule has 0 amide bonds. The lowest BCUT2D eigenvalue weighted by atomic mass is 9.90. The molecule has 0 bridgehead atoms. The largest absolute Gasteiger partial charge is 0.388 e. The molecule has 22 heavy (non-hydrogen) atoms. The molecule has 0 spiro atoms. The molecule has 2 aliphatic rings. The summed E-state index contributed by atoms with van der Waals surface area (Å²) in [5.74, 6) is 0.719. The fourth-order valence-electron chi connectivity index (χ4n) is 3.82. The summed E-state index contributed by atoms with van der Waals surface area (Å²) in [7, 11) is 0. The van der Waals surface area contributed by atoms with Gasteiger partial charge in [-0.3, -0.25) is 9.80 Å². The van der Waals surface area contributed by atoms with Gasteiger partial charge in [0.15, 0.2) is 0 Å².